The van der Waals surface area contributed by atoms with Crippen LogP contribution in [-0.2, 0) is 0 Å². The first-order valence-electron chi connectivity index (χ1n) is 5.19. The monoisotopic (exact) mass is 227 g/mol. The summed E-state index contributed by atoms with van der Waals surface area (Å²) in [5.41, 5.74) is 7.07. The summed E-state index contributed by atoms with van der Waals surface area (Å²) in [6.45, 7) is 1.17. The Morgan fingerprint density at radius 1 is 1.47 bits per heavy atom. The van der Waals surface area contributed by atoms with E-state index in [1.54, 1.807) is 6.20 Å². The van der Waals surface area contributed by atoms with Crippen LogP contribution in [0.15, 0.2) is 18.3 Å². The van der Waals surface area contributed by atoms with Gasteiger partial charge in [-0.2, -0.15) is 0 Å². The molecule has 0 aliphatic carbocycles. The molecule has 0 spiro atoms. The van der Waals surface area contributed by atoms with Gasteiger partial charge in [-0.1, -0.05) is 12.5 Å². The first kappa shape index (κ1) is 12.3. The third kappa shape index (κ3) is 2.61. The number of aromatic nitrogens is 1. The fourth-order valence-corrected chi connectivity index (χ4v) is 2.18. The van der Waals surface area contributed by atoms with Gasteiger partial charge < -0.3 is 5.73 Å². The lowest BCUT2D eigenvalue weighted by atomic mass is 9.96. The standard InChI is InChI=1S/C11H17N3.ClH/c1-14-8-3-2-6-10(14)9-5-4-7-13-11(9)12;/h4-5,7,10H,2-3,6,8H2,1H3,(H2,12,13);1H. The molecule has 4 heteroatoms. The molecule has 1 aliphatic heterocycles. The Morgan fingerprint density at radius 3 is 2.93 bits per heavy atom. The van der Waals surface area contributed by atoms with Crippen LogP contribution in [-0.4, -0.2) is 23.5 Å². The first-order valence-corrected chi connectivity index (χ1v) is 5.19. The van der Waals surface area contributed by atoms with Gasteiger partial charge in [-0.05, 0) is 32.5 Å². The van der Waals surface area contributed by atoms with Crippen molar-refractivity contribution in [2.75, 3.05) is 19.3 Å². The van der Waals surface area contributed by atoms with Gasteiger partial charge in [-0.15, -0.1) is 12.4 Å². The highest BCUT2D eigenvalue weighted by molar-refractivity contribution is 5.85. The Morgan fingerprint density at radius 2 is 2.27 bits per heavy atom. The van der Waals surface area contributed by atoms with Crippen molar-refractivity contribution >= 4 is 18.2 Å². The van der Waals surface area contributed by atoms with Crippen molar-refractivity contribution in [3.8, 4) is 0 Å². The molecule has 2 rings (SSSR count). The Labute approximate surface area is 97.1 Å². The van der Waals surface area contributed by atoms with E-state index in [0.717, 1.165) is 0 Å². The average molecular weight is 228 g/mol. The zero-order chi connectivity index (χ0) is 9.97. The second-order valence-electron chi connectivity index (χ2n) is 3.97. The van der Waals surface area contributed by atoms with E-state index in [0.29, 0.717) is 11.9 Å². The Bertz CT molecular complexity index is 316. The van der Waals surface area contributed by atoms with E-state index >= 15 is 0 Å². The summed E-state index contributed by atoms with van der Waals surface area (Å²) < 4.78 is 0. The number of anilines is 1. The van der Waals surface area contributed by atoms with E-state index in [4.69, 9.17) is 5.73 Å². The lowest BCUT2D eigenvalue weighted by Crippen LogP contribution is -2.30. The molecule has 1 saturated heterocycles. The van der Waals surface area contributed by atoms with Gasteiger partial charge in [0.2, 0.25) is 0 Å². The molecule has 2 heterocycles. The molecular formula is C11H18ClN3. The maximum Gasteiger partial charge on any atom is 0.128 e. The summed E-state index contributed by atoms with van der Waals surface area (Å²) >= 11 is 0. The highest BCUT2D eigenvalue weighted by Crippen LogP contribution is 2.31. The molecule has 1 unspecified atom stereocenters. The van der Waals surface area contributed by atoms with Crippen LogP contribution in [0.5, 0.6) is 0 Å². The highest BCUT2D eigenvalue weighted by Gasteiger charge is 2.22. The van der Waals surface area contributed by atoms with E-state index in [1.165, 1.54) is 31.4 Å². The highest BCUT2D eigenvalue weighted by atomic mass is 35.5. The molecule has 1 aromatic rings. The number of nitrogens with two attached hydrogens (primary N) is 1. The van der Waals surface area contributed by atoms with Gasteiger partial charge in [0, 0.05) is 17.8 Å². The first-order chi connectivity index (χ1) is 6.79. The largest absolute Gasteiger partial charge is 0.383 e. The second kappa shape index (κ2) is 5.33. The zero-order valence-electron chi connectivity index (χ0n) is 9.02. The zero-order valence-corrected chi connectivity index (χ0v) is 9.83. The number of hydrogen-bond donors (Lipinski definition) is 1. The molecule has 2 N–H and O–H groups in total. The smallest absolute Gasteiger partial charge is 0.128 e. The fourth-order valence-electron chi connectivity index (χ4n) is 2.18. The summed E-state index contributed by atoms with van der Waals surface area (Å²) in [4.78, 5) is 6.51. The summed E-state index contributed by atoms with van der Waals surface area (Å²) in [5, 5.41) is 0. The molecule has 0 saturated carbocycles. The second-order valence-corrected chi connectivity index (χ2v) is 3.97. The summed E-state index contributed by atoms with van der Waals surface area (Å²) in [6.07, 6.45) is 5.55. The number of nitrogen functional groups attached to an aromatic ring is 1. The number of hydrogen-bond acceptors (Lipinski definition) is 3. The lowest BCUT2D eigenvalue weighted by Gasteiger charge is -2.33. The summed E-state index contributed by atoms with van der Waals surface area (Å²) in [5.74, 6) is 0.686. The van der Waals surface area contributed by atoms with Crippen molar-refractivity contribution in [3.63, 3.8) is 0 Å². The van der Waals surface area contributed by atoms with Crippen molar-refractivity contribution < 1.29 is 0 Å². The minimum atomic E-state index is 0. The van der Waals surface area contributed by atoms with Crippen LogP contribution < -0.4 is 5.73 Å². The third-order valence-electron chi connectivity index (χ3n) is 3.00. The molecule has 1 atom stereocenters. The van der Waals surface area contributed by atoms with Crippen LogP contribution in [0.25, 0.3) is 0 Å². The van der Waals surface area contributed by atoms with Crippen molar-refractivity contribution in [2.24, 2.45) is 0 Å². The lowest BCUT2D eigenvalue weighted by molar-refractivity contribution is 0.188. The molecule has 3 nitrogen and oxygen atoms in total. The SMILES string of the molecule is CN1CCCCC1c1cccnc1N.Cl. The van der Waals surface area contributed by atoms with E-state index in [2.05, 4.69) is 23.0 Å². The molecule has 0 aromatic carbocycles. The van der Waals surface area contributed by atoms with Crippen LogP contribution >= 0.6 is 12.4 Å². The number of pyridine rings is 1. The number of halogens is 1. The predicted molar refractivity (Wildman–Crippen MR) is 65.1 cm³/mol. The number of piperidine rings is 1. The van der Waals surface area contributed by atoms with Crippen molar-refractivity contribution in [3.05, 3.63) is 23.9 Å². The van der Waals surface area contributed by atoms with Crippen molar-refractivity contribution in [2.45, 2.75) is 25.3 Å². The fraction of sp³-hybridized carbons (Fsp3) is 0.545. The van der Waals surface area contributed by atoms with E-state index in [1.807, 2.05) is 6.07 Å². The molecule has 0 amide bonds. The van der Waals surface area contributed by atoms with Gasteiger partial charge in [-0.3, -0.25) is 4.90 Å². The number of nitrogens with zero attached hydrogens (tertiary/aromatic N) is 2. The van der Waals surface area contributed by atoms with Crippen LogP contribution in [0.2, 0.25) is 0 Å². The minimum Gasteiger partial charge on any atom is -0.383 e. The molecular weight excluding hydrogens is 210 g/mol. The van der Waals surface area contributed by atoms with Crippen molar-refractivity contribution in [1.82, 2.24) is 9.88 Å². The third-order valence-corrected chi connectivity index (χ3v) is 3.00. The average Bonchev–Trinajstić information content (AvgIpc) is 2.20. The number of rotatable bonds is 1. The van der Waals surface area contributed by atoms with E-state index < -0.39 is 0 Å². The maximum atomic E-state index is 5.88. The molecule has 0 bridgehead atoms. The van der Waals surface area contributed by atoms with Crippen LogP contribution in [0.4, 0.5) is 5.82 Å². The molecule has 1 aliphatic rings. The van der Waals surface area contributed by atoms with Gasteiger partial charge in [0.05, 0.1) is 0 Å². The molecule has 1 fully saturated rings. The van der Waals surface area contributed by atoms with E-state index in [9.17, 15) is 0 Å². The van der Waals surface area contributed by atoms with Gasteiger partial charge in [0.15, 0.2) is 0 Å². The summed E-state index contributed by atoms with van der Waals surface area (Å²) in [6, 6.07) is 4.53. The number of likely N-dealkylation sites (tertiary alicyclic amines) is 1. The van der Waals surface area contributed by atoms with Crippen LogP contribution in [0.1, 0.15) is 30.9 Å². The molecule has 84 valence electrons. The topological polar surface area (TPSA) is 42.2 Å². The molecule has 0 radical (unpaired) electrons. The van der Waals surface area contributed by atoms with E-state index in [-0.39, 0.29) is 12.4 Å². The quantitative estimate of drug-likeness (QED) is 0.800. The Balaban J connectivity index is 0.00000112. The molecule has 15 heavy (non-hydrogen) atoms. The summed E-state index contributed by atoms with van der Waals surface area (Å²) in [7, 11) is 2.16. The van der Waals surface area contributed by atoms with Crippen LogP contribution in [0.3, 0.4) is 0 Å². The predicted octanol–water partition coefficient (Wildman–Crippen LogP) is 2.24. The Kier molecular flexibility index (Phi) is 4.36. The van der Waals surface area contributed by atoms with Gasteiger partial charge in [-0.25, -0.2) is 4.98 Å². The van der Waals surface area contributed by atoms with Gasteiger partial charge in [0.25, 0.3) is 0 Å². The maximum absolute atomic E-state index is 5.88. The van der Waals surface area contributed by atoms with Gasteiger partial charge in [0.1, 0.15) is 5.82 Å². The van der Waals surface area contributed by atoms with Crippen molar-refractivity contribution in [1.29, 1.82) is 0 Å². The Hall–Kier alpha value is -0.800. The molecule has 1 aromatic heterocycles. The normalized spacial score (nSPS) is 22.1. The van der Waals surface area contributed by atoms with Crippen LogP contribution in [0, 0.1) is 0 Å². The minimum absolute atomic E-state index is 0. The van der Waals surface area contributed by atoms with Gasteiger partial charge >= 0.3 is 0 Å².